The Morgan fingerprint density at radius 2 is 2.09 bits per heavy atom. The van der Waals surface area contributed by atoms with Crippen LogP contribution >= 0.6 is 11.3 Å². The first-order chi connectivity index (χ1) is 15.5. The minimum Gasteiger partial charge on any atom is -0.493 e. The summed E-state index contributed by atoms with van der Waals surface area (Å²) in [4.78, 5) is 35.3. The predicted octanol–water partition coefficient (Wildman–Crippen LogP) is 2.57. The van der Waals surface area contributed by atoms with Gasteiger partial charge in [-0.2, -0.15) is 0 Å². The number of carbonyl (C=O) groups is 2. The third-order valence-corrected chi connectivity index (χ3v) is 7.19. The summed E-state index contributed by atoms with van der Waals surface area (Å²) in [5.41, 5.74) is 2.15. The number of anilines is 1. The number of nitrogens with one attached hydrogen (secondary N) is 1. The largest absolute Gasteiger partial charge is 0.493 e. The molecule has 1 aromatic heterocycles. The summed E-state index contributed by atoms with van der Waals surface area (Å²) in [7, 11) is 3.21. The molecule has 1 fully saturated rings. The molecule has 172 valence electrons. The second kappa shape index (κ2) is 9.87. The van der Waals surface area contributed by atoms with E-state index in [1.165, 1.54) is 4.88 Å². The van der Waals surface area contributed by atoms with Crippen LogP contribution in [0.3, 0.4) is 0 Å². The molecule has 2 aromatic rings. The molecule has 2 aliphatic heterocycles. The Morgan fingerprint density at radius 3 is 2.84 bits per heavy atom. The SMILES string of the molecule is CCN1CCc2nc(NC(=O)C3CC(=O)N(CCc4ccc(OC)c(OC)c4)C3)sc2C1. The third kappa shape index (κ3) is 4.88. The smallest absolute Gasteiger partial charge is 0.231 e. The lowest BCUT2D eigenvalue weighted by Gasteiger charge is -2.23. The van der Waals surface area contributed by atoms with Crippen LogP contribution < -0.4 is 14.8 Å². The van der Waals surface area contributed by atoms with Gasteiger partial charge in [0.15, 0.2) is 16.6 Å². The summed E-state index contributed by atoms with van der Waals surface area (Å²) in [6, 6.07) is 5.76. The lowest BCUT2D eigenvalue weighted by atomic mass is 10.1. The fraction of sp³-hybridized carbons (Fsp3) is 0.522. The average molecular weight is 459 g/mol. The highest BCUT2D eigenvalue weighted by Gasteiger charge is 2.34. The van der Waals surface area contributed by atoms with Crippen LogP contribution in [-0.4, -0.2) is 67.0 Å². The fourth-order valence-electron chi connectivity index (χ4n) is 4.24. The van der Waals surface area contributed by atoms with Crippen molar-refractivity contribution in [2.45, 2.75) is 32.7 Å². The highest BCUT2D eigenvalue weighted by Crippen LogP contribution is 2.30. The molecule has 1 aromatic carbocycles. The van der Waals surface area contributed by atoms with Crippen molar-refractivity contribution in [2.75, 3.05) is 45.7 Å². The van der Waals surface area contributed by atoms with Crippen LogP contribution in [-0.2, 0) is 29.0 Å². The van der Waals surface area contributed by atoms with E-state index in [1.807, 2.05) is 18.2 Å². The zero-order valence-electron chi connectivity index (χ0n) is 18.8. The Balaban J connectivity index is 1.32. The number of fused-ring (bicyclic) bond motifs is 1. The van der Waals surface area contributed by atoms with Crippen LogP contribution in [0.1, 0.15) is 29.5 Å². The van der Waals surface area contributed by atoms with E-state index < -0.39 is 0 Å². The molecule has 1 saturated heterocycles. The van der Waals surface area contributed by atoms with Crippen molar-refractivity contribution in [2.24, 2.45) is 5.92 Å². The van der Waals surface area contributed by atoms with E-state index in [9.17, 15) is 9.59 Å². The molecule has 3 heterocycles. The molecule has 8 nitrogen and oxygen atoms in total. The first-order valence-corrected chi connectivity index (χ1v) is 11.8. The molecule has 2 aliphatic rings. The van der Waals surface area contributed by atoms with Crippen molar-refractivity contribution < 1.29 is 19.1 Å². The Kier molecular flexibility index (Phi) is 6.95. The molecule has 32 heavy (non-hydrogen) atoms. The number of nitrogens with zero attached hydrogens (tertiary/aromatic N) is 3. The number of likely N-dealkylation sites (tertiary alicyclic amines) is 1. The molecule has 9 heteroatoms. The Morgan fingerprint density at radius 1 is 1.28 bits per heavy atom. The molecule has 0 bridgehead atoms. The number of rotatable bonds is 8. The summed E-state index contributed by atoms with van der Waals surface area (Å²) in [6.45, 7) is 6.08. The maximum Gasteiger partial charge on any atom is 0.231 e. The number of carbonyl (C=O) groups excluding carboxylic acids is 2. The number of hydrogen-bond donors (Lipinski definition) is 1. The number of ether oxygens (including phenoxy) is 2. The minimum atomic E-state index is -0.346. The van der Waals surface area contributed by atoms with Gasteiger partial charge in [-0.05, 0) is 30.7 Å². The first-order valence-electron chi connectivity index (χ1n) is 11.0. The van der Waals surface area contributed by atoms with Crippen molar-refractivity contribution in [3.63, 3.8) is 0 Å². The number of benzene rings is 1. The van der Waals surface area contributed by atoms with E-state index in [1.54, 1.807) is 30.5 Å². The fourth-order valence-corrected chi connectivity index (χ4v) is 5.30. The molecule has 1 atom stereocenters. The van der Waals surface area contributed by atoms with Crippen LogP contribution in [0, 0.1) is 5.92 Å². The van der Waals surface area contributed by atoms with Gasteiger partial charge < -0.3 is 19.7 Å². The topological polar surface area (TPSA) is 84.0 Å². The maximum atomic E-state index is 12.8. The predicted molar refractivity (Wildman–Crippen MR) is 123 cm³/mol. The molecule has 0 spiro atoms. The van der Waals surface area contributed by atoms with E-state index in [2.05, 4.69) is 22.1 Å². The summed E-state index contributed by atoms with van der Waals surface area (Å²) in [6.07, 6.45) is 1.85. The average Bonchev–Trinajstić information content (AvgIpc) is 3.39. The van der Waals surface area contributed by atoms with Crippen LogP contribution in [0.2, 0.25) is 0 Å². The van der Waals surface area contributed by atoms with E-state index in [0.29, 0.717) is 36.1 Å². The van der Waals surface area contributed by atoms with Gasteiger partial charge in [-0.15, -0.1) is 11.3 Å². The Labute approximate surface area is 192 Å². The molecule has 0 radical (unpaired) electrons. The molecular formula is C23H30N4O4S. The lowest BCUT2D eigenvalue weighted by Crippen LogP contribution is -2.30. The zero-order chi connectivity index (χ0) is 22.7. The van der Waals surface area contributed by atoms with Crippen LogP contribution in [0.4, 0.5) is 5.13 Å². The van der Waals surface area contributed by atoms with E-state index in [0.717, 1.165) is 37.3 Å². The van der Waals surface area contributed by atoms with Gasteiger partial charge in [0.05, 0.1) is 25.8 Å². The molecule has 2 amide bonds. The van der Waals surface area contributed by atoms with Crippen molar-refractivity contribution in [1.82, 2.24) is 14.8 Å². The van der Waals surface area contributed by atoms with Gasteiger partial charge in [-0.25, -0.2) is 4.98 Å². The number of thiazole rings is 1. The highest BCUT2D eigenvalue weighted by molar-refractivity contribution is 7.15. The van der Waals surface area contributed by atoms with Gasteiger partial charge in [-0.3, -0.25) is 14.5 Å². The Bertz CT molecular complexity index is 992. The second-order valence-corrected chi connectivity index (χ2v) is 9.26. The molecule has 0 saturated carbocycles. The van der Waals surface area contributed by atoms with Crippen molar-refractivity contribution >= 4 is 28.3 Å². The first kappa shape index (κ1) is 22.5. The maximum absolute atomic E-state index is 12.8. The Hall–Kier alpha value is -2.65. The van der Waals surface area contributed by atoms with Crippen molar-refractivity contribution in [3.8, 4) is 11.5 Å². The summed E-state index contributed by atoms with van der Waals surface area (Å²) in [5, 5.41) is 3.60. The van der Waals surface area contributed by atoms with Gasteiger partial charge in [-0.1, -0.05) is 13.0 Å². The number of methoxy groups -OCH3 is 2. The van der Waals surface area contributed by atoms with Gasteiger partial charge >= 0.3 is 0 Å². The van der Waals surface area contributed by atoms with Crippen molar-refractivity contribution in [1.29, 1.82) is 0 Å². The lowest BCUT2D eigenvalue weighted by molar-refractivity contribution is -0.128. The summed E-state index contributed by atoms with van der Waals surface area (Å²) >= 11 is 1.55. The van der Waals surface area contributed by atoms with Gasteiger partial charge in [0.2, 0.25) is 11.8 Å². The third-order valence-electron chi connectivity index (χ3n) is 6.19. The van der Waals surface area contributed by atoms with E-state index in [4.69, 9.17) is 9.47 Å². The second-order valence-electron chi connectivity index (χ2n) is 8.18. The summed E-state index contributed by atoms with van der Waals surface area (Å²) in [5.74, 6) is 0.897. The van der Waals surface area contributed by atoms with Gasteiger partial charge in [0.25, 0.3) is 0 Å². The van der Waals surface area contributed by atoms with Crippen LogP contribution in [0.15, 0.2) is 18.2 Å². The van der Waals surface area contributed by atoms with E-state index in [-0.39, 0.29) is 24.2 Å². The summed E-state index contributed by atoms with van der Waals surface area (Å²) < 4.78 is 10.6. The number of likely N-dealkylation sites (N-methyl/N-ethyl adjacent to an activating group) is 1. The number of aromatic nitrogens is 1. The molecule has 1 N–H and O–H groups in total. The van der Waals surface area contributed by atoms with Crippen LogP contribution in [0.5, 0.6) is 11.5 Å². The molecule has 4 rings (SSSR count). The quantitative estimate of drug-likeness (QED) is 0.655. The number of hydrogen-bond acceptors (Lipinski definition) is 7. The highest BCUT2D eigenvalue weighted by atomic mass is 32.1. The molecule has 0 aliphatic carbocycles. The normalized spacial score (nSPS) is 18.5. The zero-order valence-corrected chi connectivity index (χ0v) is 19.7. The minimum absolute atomic E-state index is 0.0163. The monoisotopic (exact) mass is 458 g/mol. The van der Waals surface area contributed by atoms with Crippen LogP contribution in [0.25, 0.3) is 0 Å². The van der Waals surface area contributed by atoms with Gasteiger partial charge in [0.1, 0.15) is 0 Å². The molecule has 1 unspecified atom stereocenters. The van der Waals surface area contributed by atoms with Gasteiger partial charge in [0, 0.05) is 43.9 Å². The standard InChI is InChI=1S/C23H30N4O4S/c1-4-26-9-8-17-20(14-26)32-23(24-17)25-22(29)16-12-21(28)27(13-16)10-7-15-5-6-18(30-2)19(11-15)31-3/h5-6,11,16H,4,7-10,12-14H2,1-3H3,(H,24,25,29). The van der Waals surface area contributed by atoms with E-state index >= 15 is 0 Å². The van der Waals surface area contributed by atoms with Crippen molar-refractivity contribution in [3.05, 3.63) is 34.3 Å². The number of amides is 2. The molecular weight excluding hydrogens is 428 g/mol.